The molecule has 0 fully saturated rings. The first kappa shape index (κ1) is 50.2. The van der Waals surface area contributed by atoms with E-state index in [1.807, 2.05) is 69.3 Å². The first-order chi connectivity index (χ1) is 37.4. The fourth-order valence-electron chi connectivity index (χ4n) is 9.90. The quantitative estimate of drug-likeness (QED) is 0.0346. The largest absolute Gasteiger partial charge is 0.465 e. The Labute approximate surface area is 466 Å². The van der Waals surface area contributed by atoms with Crippen LogP contribution in [-0.2, 0) is 19.1 Å². The fourth-order valence-corrected chi connectivity index (χ4v) is 17.4. The Morgan fingerprint density at radius 3 is 1.21 bits per heavy atom. The van der Waals surface area contributed by atoms with E-state index in [4.69, 9.17) is 9.47 Å². The second kappa shape index (κ2) is 22.5. The number of hydrogen-bond donors (Lipinski definition) is 0. The summed E-state index contributed by atoms with van der Waals surface area (Å²) >= 11 is 11.0. The van der Waals surface area contributed by atoms with E-state index in [0.717, 1.165) is 20.8 Å². The number of carbonyl (C=O) groups excluding carboxylic acids is 2. The molecule has 0 N–H and O–H groups in total. The van der Waals surface area contributed by atoms with Gasteiger partial charge < -0.3 is 9.47 Å². The minimum absolute atomic E-state index is 0.120. The van der Waals surface area contributed by atoms with E-state index in [1.54, 1.807) is 0 Å². The van der Waals surface area contributed by atoms with Gasteiger partial charge >= 0.3 is 11.9 Å². The predicted molar refractivity (Wildman–Crippen MR) is 330 cm³/mol. The van der Waals surface area contributed by atoms with Gasteiger partial charge in [0.2, 0.25) is 0 Å². The number of benzene rings is 9. The minimum Gasteiger partial charge on any atom is -0.465 e. The molecule has 3 aromatic heterocycles. The number of thioether (sulfide) groups is 3. The van der Waals surface area contributed by atoms with Gasteiger partial charge in [-0.25, -0.2) is 4.79 Å². The molecule has 0 saturated heterocycles. The summed E-state index contributed by atoms with van der Waals surface area (Å²) in [7, 11) is 0. The smallest absolute Gasteiger partial charge is 0.330 e. The van der Waals surface area contributed by atoms with Crippen LogP contribution in [0.2, 0.25) is 0 Å². The molecule has 0 aliphatic carbocycles. The average molecular weight is 1100 g/mol. The highest BCUT2D eigenvalue weighted by molar-refractivity contribution is 8.01. The van der Waals surface area contributed by atoms with Crippen LogP contribution in [0.15, 0.2) is 228 Å². The van der Waals surface area contributed by atoms with E-state index >= 15 is 0 Å². The molecular formula is C66H50O4S6. The molecule has 0 aliphatic heterocycles. The maximum absolute atomic E-state index is 13.7. The van der Waals surface area contributed by atoms with Crippen LogP contribution in [0.25, 0.3) is 93.9 Å². The van der Waals surface area contributed by atoms with Crippen LogP contribution < -0.4 is 0 Å². The number of carbonyl (C=O) groups is 2. The third-order valence-corrected chi connectivity index (χ3v) is 21.5. The zero-order valence-electron chi connectivity index (χ0n) is 41.4. The first-order valence-electron chi connectivity index (χ1n) is 25.2. The molecule has 0 bridgehead atoms. The summed E-state index contributed by atoms with van der Waals surface area (Å²) in [6.07, 6.45) is 1.64. The molecule has 76 heavy (non-hydrogen) atoms. The molecule has 0 unspecified atom stereocenters. The van der Waals surface area contributed by atoms with Crippen molar-refractivity contribution in [2.45, 2.75) is 27.5 Å². The van der Waals surface area contributed by atoms with Gasteiger partial charge in [-0.2, -0.15) is 0 Å². The highest BCUT2D eigenvalue weighted by Gasteiger charge is 2.34. The summed E-state index contributed by atoms with van der Waals surface area (Å²) in [5, 5.41) is 7.68. The van der Waals surface area contributed by atoms with E-state index in [9.17, 15) is 9.59 Å². The van der Waals surface area contributed by atoms with Crippen LogP contribution >= 0.6 is 69.3 Å². The Balaban J connectivity index is 0.886. The topological polar surface area (TPSA) is 52.6 Å². The van der Waals surface area contributed by atoms with Gasteiger partial charge in [0.05, 0.1) is 13.2 Å². The van der Waals surface area contributed by atoms with Crippen LogP contribution in [0, 0.1) is 5.41 Å². The Morgan fingerprint density at radius 1 is 0.447 bits per heavy atom. The summed E-state index contributed by atoms with van der Waals surface area (Å²) in [5.41, 5.74) is 6.70. The van der Waals surface area contributed by atoms with Crippen molar-refractivity contribution in [3.63, 3.8) is 0 Å². The number of ether oxygens (including phenoxy) is 2. The van der Waals surface area contributed by atoms with Crippen molar-refractivity contribution < 1.29 is 19.1 Å². The summed E-state index contributed by atoms with van der Waals surface area (Å²) < 4.78 is 19.3. The molecule has 10 heteroatoms. The maximum Gasteiger partial charge on any atom is 0.330 e. The molecule has 0 saturated carbocycles. The first-order valence-corrected chi connectivity index (χ1v) is 30.6. The van der Waals surface area contributed by atoms with Gasteiger partial charge in [-0.1, -0.05) is 152 Å². The van der Waals surface area contributed by atoms with Gasteiger partial charge in [-0.05, 0) is 94.4 Å². The summed E-state index contributed by atoms with van der Waals surface area (Å²) in [6.45, 7) is 3.83. The highest BCUT2D eigenvalue weighted by atomic mass is 32.2. The number of fused-ring (bicyclic) bond motifs is 9. The maximum atomic E-state index is 13.7. The molecule has 9 aromatic carbocycles. The standard InChI is InChI=1S/C66H50O4S6/c1-2-61(67)69-35-15-34-62(68)70-39-66(40-71-46-19-9-16-43(36-46)49-25-12-28-55-52-22-3-6-31-58(52)74-63(49)55,41-72-47-20-10-17-44(37-47)50-26-13-29-56-53-23-4-7-32-59(53)75-64(50)56)42-73-48-21-11-18-45(38-48)51-27-14-30-57-54-24-5-8-33-60(54)76-65(51)57/h2-14,16-33,36-38H,1,15,34-35,39-42H2. The minimum atomic E-state index is -0.505. The fraction of sp³-hybridized carbons (Fsp3) is 0.121. The molecule has 0 spiro atoms. The molecule has 0 aliphatic rings. The molecule has 374 valence electrons. The Hall–Kier alpha value is -6.63. The molecule has 12 aromatic rings. The third kappa shape index (κ3) is 10.6. The van der Waals surface area contributed by atoms with Crippen molar-refractivity contribution in [2.24, 2.45) is 5.41 Å². The van der Waals surface area contributed by atoms with Crippen LogP contribution in [0.3, 0.4) is 0 Å². The number of thiophene rings is 3. The zero-order chi connectivity index (χ0) is 51.4. The van der Waals surface area contributed by atoms with Crippen molar-refractivity contribution in [2.75, 3.05) is 30.5 Å². The van der Waals surface area contributed by atoms with Crippen molar-refractivity contribution >= 4 is 142 Å². The van der Waals surface area contributed by atoms with Crippen LogP contribution in [-0.4, -0.2) is 42.4 Å². The SMILES string of the molecule is C=CC(=O)OCCCC(=O)OCC(CSc1cccc(-c2cccc3c2sc2ccccc23)c1)(CSc1cccc(-c2cccc3c2sc2ccccc23)c1)CSc1cccc(-c2cccc3c2sc2ccccc23)c1. The van der Waals surface area contributed by atoms with Crippen LogP contribution in [0.4, 0.5) is 0 Å². The second-order valence-electron chi connectivity index (χ2n) is 18.9. The van der Waals surface area contributed by atoms with Gasteiger partial charge in [0.1, 0.15) is 0 Å². The van der Waals surface area contributed by atoms with Gasteiger partial charge in [0.15, 0.2) is 0 Å². The van der Waals surface area contributed by atoms with Gasteiger partial charge in [-0.15, -0.1) is 69.3 Å². The summed E-state index contributed by atoms with van der Waals surface area (Å²) in [4.78, 5) is 29.0. The number of esters is 2. The van der Waals surface area contributed by atoms with E-state index in [0.29, 0.717) is 23.7 Å². The number of hydrogen-bond acceptors (Lipinski definition) is 10. The molecular weight excluding hydrogens is 1050 g/mol. The van der Waals surface area contributed by atoms with E-state index < -0.39 is 11.4 Å². The molecule has 4 nitrogen and oxygen atoms in total. The normalized spacial score (nSPS) is 11.8. The van der Waals surface area contributed by atoms with Crippen molar-refractivity contribution in [1.82, 2.24) is 0 Å². The predicted octanol–water partition coefficient (Wildman–Crippen LogP) is 19.5. The van der Waals surface area contributed by atoms with Gasteiger partial charge in [0, 0.05) is 110 Å². The lowest BCUT2D eigenvalue weighted by molar-refractivity contribution is -0.147. The summed E-state index contributed by atoms with van der Waals surface area (Å²) in [5.74, 6) is 1.26. The second-order valence-corrected chi connectivity index (χ2v) is 25.2. The third-order valence-electron chi connectivity index (χ3n) is 13.8. The van der Waals surface area contributed by atoms with Gasteiger partial charge in [0.25, 0.3) is 0 Å². The van der Waals surface area contributed by atoms with E-state index in [1.165, 1.54) is 93.9 Å². The molecule has 0 radical (unpaired) electrons. The van der Waals surface area contributed by atoms with E-state index in [2.05, 4.69) is 207 Å². The summed E-state index contributed by atoms with van der Waals surface area (Å²) in [6, 6.07) is 72.6. The molecule has 3 heterocycles. The molecule has 0 atom stereocenters. The average Bonchev–Trinajstić information content (AvgIpc) is 4.20. The highest BCUT2D eigenvalue weighted by Crippen LogP contribution is 2.46. The Morgan fingerprint density at radius 2 is 0.816 bits per heavy atom. The Bertz CT molecular complexity index is 3740. The lowest BCUT2D eigenvalue weighted by Crippen LogP contribution is -2.36. The zero-order valence-corrected chi connectivity index (χ0v) is 46.3. The van der Waals surface area contributed by atoms with Crippen molar-refractivity contribution in [1.29, 1.82) is 0 Å². The Kier molecular flexibility index (Phi) is 14.9. The lowest BCUT2D eigenvalue weighted by atomic mass is 9.97. The molecule has 12 rings (SSSR count). The van der Waals surface area contributed by atoms with Crippen LogP contribution in [0.1, 0.15) is 12.8 Å². The monoisotopic (exact) mass is 1100 g/mol. The molecule has 0 amide bonds. The number of rotatable bonds is 19. The van der Waals surface area contributed by atoms with Crippen molar-refractivity contribution in [3.8, 4) is 33.4 Å². The van der Waals surface area contributed by atoms with Crippen LogP contribution in [0.5, 0.6) is 0 Å². The van der Waals surface area contributed by atoms with E-state index in [-0.39, 0.29) is 25.6 Å². The lowest BCUT2D eigenvalue weighted by Gasteiger charge is -2.33. The van der Waals surface area contributed by atoms with Crippen molar-refractivity contribution in [3.05, 3.63) is 213 Å². The van der Waals surface area contributed by atoms with Gasteiger partial charge in [-0.3, -0.25) is 4.79 Å².